The Bertz CT molecular complexity index is 167. The molecule has 1 aliphatic rings. The summed E-state index contributed by atoms with van der Waals surface area (Å²) in [5.41, 5.74) is -1.14. The summed E-state index contributed by atoms with van der Waals surface area (Å²) in [5, 5.41) is 8.90. The Hall–Kier alpha value is -0.370. The SMILES string of the molecule is C/C=C/C1(F)CCCC(CO)C1. The van der Waals surface area contributed by atoms with Gasteiger partial charge in [0.1, 0.15) is 5.67 Å². The van der Waals surface area contributed by atoms with Gasteiger partial charge in [-0.25, -0.2) is 4.39 Å². The van der Waals surface area contributed by atoms with Crippen LogP contribution >= 0.6 is 0 Å². The van der Waals surface area contributed by atoms with Gasteiger partial charge >= 0.3 is 0 Å². The molecule has 0 heterocycles. The Labute approximate surface area is 73.3 Å². The lowest BCUT2D eigenvalue weighted by molar-refractivity contribution is 0.0882. The maximum Gasteiger partial charge on any atom is 0.129 e. The molecular weight excluding hydrogens is 155 g/mol. The number of alkyl halides is 1. The number of hydrogen-bond acceptors (Lipinski definition) is 1. The summed E-state index contributed by atoms with van der Waals surface area (Å²) in [5.74, 6) is 0.167. The normalized spacial score (nSPS) is 37.4. The number of hydrogen-bond donors (Lipinski definition) is 1. The van der Waals surface area contributed by atoms with E-state index < -0.39 is 5.67 Å². The van der Waals surface area contributed by atoms with E-state index in [4.69, 9.17) is 5.11 Å². The molecule has 1 rings (SSSR count). The second kappa shape index (κ2) is 4.04. The Kier molecular flexibility index (Phi) is 3.27. The van der Waals surface area contributed by atoms with Crippen molar-refractivity contribution in [3.63, 3.8) is 0 Å². The van der Waals surface area contributed by atoms with Gasteiger partial charge in [-0.05, 0) is 38.5 Å². The highest BCUT2D eigenvalue weighted by Gasteiger charge is 2.33. The lowest BCUT2D eigenvalue weighted by atomic mass is 9.79. The minimum Gasteiger partial charge on any atom is -0.396 e. The van der Waals surface area contributed by atoms with Gasteiger partial charge in [-0.1, -0.05) is 12.2 Å². The van der Waals surface area contributed by atoms with Gasteiger partial charge in [-0.3, -0.25) is 0 Å². The summed E-state index contributed by atoms with van der Waals surface area (Å²) in [6.45, 7) is 1.97. The van der Waals surface area contributed by atoms with Gasteiger partial charge in [0, 0.05) is 6.61 Å². The van der Waals surface area contributed by atoms with Crippen molar-refractivity contribution in [2.45, 2.75) is 38.3 Å². The molecule has 0 aromatic heterocycles. The summed E-state index contributed by atoms with van der Waals surface area (Å²) in [4.78, 5) is 0. The van der Waals surface area contributed by atoms with Crippen LogP contribution in [0.15, 0.2) is 12.2 Å². The van der Waals surface area contributed by atoms with Gasteiger partial charge in [-0.2, -0.15) is 0 Å². The van der Waals surface area contributed by atoms with E-state index in [1.807, 2.05) is 6.92 Å². The molecule has 2 unspecified atom stereocenters. The fourth-order valence-electron chi connectivity index (χ4n) is 1.97. The molecule has 1 N–H and O–H groups in total. The molecule has 1 aliphatic carbocycles. The van der Waals surface area contributed by atoms with Crippen LogP contribution in [-0.2, 0) is 0 Å². The third kappa shape index (κ3) is 2.31. The fourth-order valence-corrected chi connectivity index (χ4v) is 1.97. The van der Waals surface area contributed by atoms with Gasteiger partial charge in [0.15, 0.2) is 0 Å². The first-order valence-corrected chi connectivity index (χ1v) is 4.64. The molecule has 12 heavy (non-hydrogen) atoms. The van der Waals surface area contributed by atoms with E-state index in [9.17, 15) is 4.39 Å². The molecule has 0 bridgehead atoms. The van der Waals surface area contributed by atoms with Crippen LogP contribution in [0.1, 0.15) is 32.6 Å². The lowest BCUT2D eigenvalue weighted by Gasteiger charge is -2.31. The van der Waals surface area contributed by atoms with E-state index in [-0.39, 0.29) is 12.5 Å². The van der Waals surface area contributed by atoms with Crippen LogP contribution in [0.2, 0.25) is 0 Å². The Morgan fingerprint density at radius 1 is 1.67 bits per heavy atom. The van der Waals surface area contributed by atoms with Crippen molar-refractivity contribution in [1.82, 2.24) is 0 Å². The predicted octanol–water partition coefficient (Wildman–Crippen LogP) is 2.45. The van der Waals surface area contributed by atoms with E-state index in [0.29, 0.717) is 12.8 Å². The average Bonchev–Trinajstić information content (AvgIpc) is 2.04. The maximum absolute atomic E-state index is 13.8. The number of aliphatic hydroxyl groups is 1. The van der Waals surface area contributed by atoms with Crippen LogP contribution in [0, 0.1) is 5.92 Å². The highest BCUT2D eigenvalue weighted by Crippen LogP contribution is 2.36. The monoisotopic (exact) mass is 172 g/mol. The summed E-state index contributed by atoms with van der Waals surface area (Å²) in [6, 6.07) is 0. The van der Waals surface area contributed by atoms with Crippen molar-refractivity contribution >= 4 is 0 Å². The molecule has 0 aromatic rings. The van der Waals surface area contributed by atoms with Gasteiger partial charge in [0.2, 0.25) is 0 Å². The van der Waals surface area contributed by atoms with Crippen molar-refractivity contribution in [3.05, 3.63) is 12.2 Å². The molecule has 0 aliphatic heterocycles. The third-order valence-electron chi connectivity index (χ3n) is 2.56. The molecule has 0 radical (unpaired) electrons. The molecule has 0 saturated heterocycles. The fraction of sp³-hybridized carbons (Fsp3) is 0.800. The van der Waals surface area contributed by atoms with Gasteiger partial charge < -0.3 is 5.11 Å². The highest BCUT2D eigenvalue weighted by atomic mass is 19.1. The smallest absolute Gasteiger partial charge is 0.129 e. The van der Waals surface area contributed by atoms with Crippen molar-refractivity contribution < 1.29 is 9.50 Å². The summed E-state index contributed by atoms with van der Waals surface area (Å²) >= 11 is 0. The number of aliphatic hydroxyl groups excluding tert-OH is 1. The molecule has 1 fully saturated rings. The summed E-state index contributed by atoms with van der Waals surface area (Å²) in [6.07, 6.45) is 6.38. The van der Waals surface area contributed by atoms with Gasteiger partial charge in [-0.15, -0.1) is 0 Å². The Balaban J connectivity index is 2.54. The quantitative estimate of drug-likeness (QED) is 0.634. The maximum atomic E-state index is 13.8. The van der Waals surface area contributed by atoms with Gasteiger partial charge in [0.25, 0.3) is 0 Å². The largest absolute Gasteiger partial charge is 0.396 e. The molecule has 0 aromatic carbocycles. The summed E-state index contributed by atoms with van der Waals surface area (Å²) < 4.78 is 13.8. The van der Waals surface area contributed by atoms with Crippen molar-refractivity contribution in [3.8, 4) is 0 Å². The first-order valence-electron chi connectivity index (χ1n) is 4.64. The number of halogens is 1. The molecular formula is C10H17FO. The second-order valence-corrected chi connectivity index (χ2v) is 3.68. The van der Waals surface area contributed by atoms with E-state index in [2.05, 4.69) is 0 Å². The van der Waals surface area contributed by atoms with Gasteiger partial charge in [0.05, 0.1) is 0 Å². The van der Waals surface area contributed by atoms with Crippen LogP contribution < -0.4 is 0 Å². The van der Waals surface area contributed by atoms with E-state index in [1.54, 1.807) is 12.2 Å². The second-order valence-electron chi connectivity index (χ2n) is 3.68. The number of rotatable bonds is 2. The molecule has 0 spiro atoms. The van der Waals surface area contributed by atoms with Crippen LogP contribution in [0.3, 0.4) is 0 Å². The van der Waals surface area contributed by atoms with E-state index in [0.717, 1.165) is 12.8 Å². The van der Waals surface area contributed by atoms with Crippen LogP contribution in [-0.4, -0.2) is 17.4 Å². The minimum absolute atomic E-state index is 0.128. The first kappa shape index (κ1) is 9.72. The molecule has 70 valence electrons. The Morgan fingerprint density at radius 3 is 3.00 bits per heavy atom. The zero-order valence-corrected chi connectivity index (χ0v) is 7.59. The molecule has 2 atom stereocenters. The number of allylic oxidation sites excluding steroid dienone is 2. The third-order valence-corrected chi connectivity index (χ3v) is 2.56. The first-order chi connectivity index (χ1) is 5.70. The van der Waals surface area contributed by atoms with Crippen LogP contribution in [0.25, 0.3) is 0 Å². The van der Waals surface area contributed by atoms with E-state index in [1.165, 1.54) is 0 Å². The lowest BCUT2D eigenvalue weighted by Crippen LogP contribution is -2.30. The predicted molar refractivity (Wildman–Crippen MR) is 47.7 cm³/mol. The van der Waals surface area contributed by atoms with Crippen LogP contribution in [0.4, 0.5) is 4.39 Å². The van der Waals surface area contributed by atoms with Crippen LogP contribution in [0.5, 0.6) is 0 Å². The molecule has 1 saturated carbocycles. The zero-order valence-electron chi connectivity index (χ0n) is 7.59. The topological polar surface area (TPSA) is 20.2 Å². The zero-order chi connectivity index (χ0) is 9.03. The average molecular weight is 172 g/mol. The standard InChI is InChI=1S/C10H17FO/c1-2-5-10(11)6-3-4-9(7-10)8-12/h2,5,9,12H,3-4,6-8H2,1H3/b5-2+. The van der Waals surface area contributed by atoms with Crippen molar-refractivity contribution in [2.75, 3.05) is 6.61 Å². The minimum atomic E-state index is -1.14. The van der Waals surface area contributed by atoms with Crippen molar-refractivity contribution in [1.29, 1.82) is 0 Å². The molecule has 0 amide bonds. The summed E-state index contributed by atoms with van der Waals surface area (Å²) in [7, 11) is 0. The molecule has 1 nitrogen and oxygen atoms in total. The van der Waals surface area contributed by atoms with Crippen molar-refractivity contribution in [2.24, 2.45) is 5.92 Å². The van der Waals surface area contributed by atoms with E-state index >= 15 is 0 Å². The Morgan fingerprint density at radius 2 is 2.42 bits per heavy atom. The molecule has 2 heteroatoms. The highest BCUT2D eigenvalue weighted by molar-refractivity contribution is 5.02.